The molecule has 0 aliphatic heterocycles. The maximum atomic E-state index is 3.75. The van der Waals surface area contributed by atoms with Gasteiger partial charge in [0, 0.05) is 12.2 Å². The van der Waals surface area contributed by atoms with Gasteiger partial charge in [-0.2, -0.15) is 0 Å². The van der Waals surface area contributed by atoms with Crippen LogP contribution in [0.4, 0.5) is 0 Å². The van der Waals surface area contributed by atoms with Gasteiger partial charge in [-0.15, -0.1) is 0 Å². The largest absolute Gasteiger partial charge is 0.389 e. The van der Waals surface area contributed by atoms with Gasteiger partial charge in [-0.1, -0.05) is 13.5 Å². The highest BCUT2D eigenvalue weighted by molar-refractivity contribution is 4.87. The molecule has 0 bridgehead atoms. The van der Waals surface area contributed by atoms with E-state index in [9.17, 15) is 0 Å². The van der Waals surface area contributed by atoms with Crippen molar-refractivity contribution in [2.75, 3.05) is 6.54 Å². The third-order valence-corrected chi connectivity index (χ3v) is 0.854. The molecule has 0 amide bonds. The molecule has 0 rings (SSSR count). The lowest BCUT2D eigenvalue weighted by Crippen LogP contribution is -2.09. The van der Waals surface area contributed by atoms with E-state index in [4.69, 9.17) is 0 Å². The van der Waals surface area contributed by atoms with Gasteiger partial charge in [-0.3, -0.25) is 0 Å². The van der Waals surface area contributed by atoms with Crippen LogP contribution in [0.5, 0.6) is 0 Å². The number of rotatable bonds is 3. The van der Waals surface area contributed by atoms with Crippen LogP contribution in [0.25, 0.3) is 0 Å². The third kappa shape index (κ3) is 3.37. The summed E-state index contributed by atoms with van der Waals surface area (Å²) in [6.07, 6.45) is 1.04. The fourth-order valence-electron chi connectivity index (χ4n) is 0.375. The Morgan fingerprint density at radius 1 is 1.57 bits per heavy atom. The lowest BCUT2D eigenvalue weighted by Gasteiger charge is -2.00. The van der Waals surface area contributed by atoms with Crippen molar-refractivity contribution in [3.8, 4) is 0 Å². The summed E-state index contributed by atoms with van der Waals surface area (Å²) in [6, 6.07) is 0. The molecule has 0 saturated carbocycles. The van der Waals surface area contributed by atoms with Gasteiger partial charge in [0.05, 0.1) is 0 Å². The van der Waals surface area contributed by atoms with E-state index in [1.807, 2.05) is 0 Å². The topological polar surface area (TPSA) is 12.0 Å². The zero-order chi connectivity index (χ0) is 5.70. The van der Waals surface area contributed by atoms with Crippen LogP contribution in [0, 0.1) is 0 Å². The summed E-state index contributed by atoms with van der Waals surface area (Å²) < 4.78 is 0. The van der Waals surface area contributed by atoms with E-state index in [0.29, 0.717) is 0 Å². The third-order valence-electron chi connectivity index (χ3n) is 0.854. The van der Waals surface area contributed by atoms with Crippen LogP contribution >= 0.6 is 0 Å². The Bertz CT molecular complexity index is 57.2. The van der Waals surface area contributed by atoms with E-state index in [1.165, 1.54) is 0 Å². The molecule has 42 valence electrons. The van der Waals surface area contributed by atoms with Crippen LogP contribution in [0.1, 0.15) is 20.3 Å². The zero-order valence-corrected chi connectivity index (χ0v) is 5.12. The molecule has 0 atom stereocenters. The van der Waals surface area contributed by atoms with Gasteiger partial charge in [-0.25, -0.2) is 0 Å². The fraction of sp³-hybridized carbons (Fsp3) is 0.667. The molecule has 0 aromatic heterocycles. The fourth-order valence-corrected chi connectivity index (χ4v) is 0.375. The minimum Gasteiger partial charge on any atom is -0.389 e. The summed E-state index contributed by atoms with van der Waals surface area (Å²) in [7, 11) is 0. The van der Waals surface area contributed by atoms with Crippen molar-refractivity contribution in [3.05, 3.63) is 12.3 Å². The quantitative estimate of drug-likeness (QED) is 0.565. The lowest BCUT2D eigenvalue weighted by molar-refractivity contribution is 0.812. The van der Waals surface area contributed by atoms with E-state index in [1.54, 1.807) is 0 Å². The van der Waals surface area contributed by atoms with Crippen LogP contribution in [0.15, 0.2) is 12.3 Å². The lowest BCUT2D eigenvalue weighted by atomic mass is 10.4. The molecular formula is C6H13N. The average molecular weight is 99.2 g/mol. The van der Waals surface area contributed by atoms with Gasteiger partial charge >= 0.3 is 0 Å². The number of nitrogens with one attached hydrogen (secondary N) is 1. The first-order valence-electron chi connectivity index (χ1n) is 2.72. The highest BCUT2D eigenvalue weighted by Gasteiger charge is 1.79. The van der Waals surface area contributed by atoms with Crippen molar-refractivity contribution in [1.82, 2.24) is 5.32 Å². The molecule has 0 aromatic carbocycles. The Balaban J connectivity index is 3.00. The summed E-state index contributed by atoms with van der Waals surface area (Å²) in [4.78, 5) is 0. The van der Waals surface area contributed by atoms with Crippen molar-refractivity contribution >= 4 is 0 Å². The van der Waals surface area contributed by atoms with Crippen molar-refractivity contribution in [2.45, 2.75) is 20.3 Å². The molecule has 0 aromatic rings. The molecule has 0 unspecified atom stereocenters. The zero-order valence-electron chi connectivity index (χ0n) is 5.12. The molecular weight excluding hydrogens is 86.1 g/mol. The average Bonchev–Trinajstić information content (AvgIpc) is 1.68. The highest BCUT2D eigenvalue weighted by atomic mass is 14.9. The van der Waals surface area contributed by atoms with E-state index in [-0.39, 0.29) is 0 Å². The maximum Gasteiger partial charge on any atom is 0.0115 e. The summed E-state index contributed by atoms with van der Waals surface area (Å²) in [5.74, 6) is 0. The van der Waals surface area contributed by atoms with E-state index < -0.39 is 0 Å². The smallest absolute Gasteiger partial charge is 0.0115 e. The van der Waals surface area contributed by atoms with Crippen molar-refractivity contribution in [2.24, 2.45) is 0 Å². The summed E-state index contributed by atoms with van der Waals surface area (Å²) in [6.45, 7) is 8.90. The second kappa shape index (κ2) is 3.72. The first-order chi connectivity index (χ1) is 3.31. The van der Waals surface area contributed by atoms with Crippen LogP contribution in [-0.4, -0.2) is 6.54 Å². The van der Waals surface area contributed by atoms with Crippen LogP contribution < -0.4 is 5.32 Å². The first kappa shape index (κ1) is 6.54. The molecule has 0 fully saturated rings. The van der Waals surface area contributed by atoms with Crippen LogP contribution in [0.2, 0.25) is 0 Å². The molecule has 1 heteroatoms. The molecule has 0 aliphatic rings. The van der Waals surface area contributed by atoms with Crippen LogP contribution in [-0.2, 0) is 0 Å². The Morgan fingerprint density at radius 2 is 2.14 bits per heavy atom. The van der Waals surface area contributed by atoms with Crippen molar-refractivity contribution < 1.29 is 0 Å². The van der Waals surface area contributed by atoms with Gasteiger partial charge in [0.15, 0.2) is 0 Å². The molecule has 0 radical (unpaired) electrons. The van der Waals surface area contributed by atoms with Gasteiger partial charge < -0.3 is 5.32 Å². The Hall–Kier alpha value is -0.460. The van der Waals surface area contributed by atoms with Gasteiger partial charge in [0.2, 0.25) is 0 Å². The summed E-state index contributed by atoms with van der Waals surface area (Å²) in [5, 5.41) is 3.10. The Kier molecular flexibility index (Phi) is 3.48. The second-order valence-electron chi connectivity index (χ2n) is 1.49. The van der Waals surface area contributed by atoms with E-state index >= 15 is 0 Å². The molecule has 0 aliphatic carbocycles. The first-order valence-corrected chi connectivity index (χ1v) is 2.72. The highest BCUT2D eigenvalue weighted by Crippen LogP contribution is 1.86. The molecule has 1 nitrogen and oxygen atoms in total. The number of hydrogen-bond acceptors (Lipinski definition) is 1. The number of hydrogen-bond donors (Lipinski definition) is 1. The number of allylic oxidation sites excluding steroid dienone is 1. The second-order valence-corrected chi connectivity index (χ2v) is 1.49. The molecule has 0 saturated heterocycles. The van der Waals surface area contributed by atoms with Crippen LogP contribution in [0.3, 0.4) is 0 Å². The van der Waals surface area contributed by atoms with Gasteiger partial charge in [-0.05, 0) is 13.3 Å². The van der Waals surface area contributed by atoms with E-state index in [2.05, 4.69) is 25.7 Å². The van der Waals surface area contributed by atoms with E-state index in [0.717, 1.165) is 18.7 Å². The van der Waals surface area contributed by atoms with Crippen molar-refractivity contribution in [3.63, 3.8) is 0 Å². The molecule has 0 heterocycles. The van der Waals surface area contributed by atoms with Gasteiger partial charge in [0.1, 0.15) is 0 Å². The minimum atomic E-state index is 0.993. The summed E-state index contributed by atoms with van der Waals surface area (Å²) >= 11 is 0. The minimum absolute atomic E-state index is 0.993. The maximum absolute atomic E-state index is 3.75. The summed E-state index contributed by atoms with van der Waals surface area (Å²) in [5.41, 5.74) is 1.13. The normalized spacial score (nSPS) is 8.29. The molecule has 0 spiro atoms. The molecule has 1 N–H and O–H groups in total. The SMILES string of the molecule is C=C(CC)NCC. The Morgan fingerprint density at radius 3 is 2.29 bits per heavy atom. The monoisotopic (exact) mass is 99.1 g/mol. The predicted molar refractivity (Wildman–Crippen MR) is 33.1 cm³/mol. The van der Waals surface area contributed by atoms with Gasteiger partial charge in [0.25, 0.3) is 0 Å². The van der Waals surface area contributed by atoms with Crippen molar-refractivity contribution in [1.29, 1.82) is 0 Å². The molecule has 7 heavy (non-hydrogen) atoms. The predicted octanol–water partition coefficient (Wildman–Crippen LogP) is 1.52. The standard InChI is InChI=1S/C6H13N/c1-4-6(3)7-5-2/h7H,3-5H2,1-2H3. The Labute approximate surface area is 45.4 Å².